The van der Waals surface area contributed by atoms with E-state index in [1.165, 1.54) is 38.0 Å². The Hall–Kier alpha value is -1.13. The molecular formula is C16H28N4. The highest BCUT2D eigenvalue weighted by molar-refractivity contribution is 5.47. The molecule has 0 atom stereocenters. The number of nitrogens with one attached hydrogen (secondary N) is 1. The highest BCUT2D eigenvalue weighted by atomic mass is 15.2. The molecule has 1 N–H and O–H groups in total. The third-order valence-electron chi connectivity index (χ3n) is 4.32. The summed E-state index contributed by atoms with van der Waals surface area (Å²) in [5.74, 6) is 1.14. The molecule has 4 nitrogen and oxygen atoms in total. The highest BCUT2D eigenvalue weighted by Crippen LogP contribution is 2.23. The van der Waals surface area contributed by atoms with E-state index in [2.05, 4.69) is 47.1 Å². The molecule has 20 heavy (non-hydrogen) atoms. The Labute approximate surface area is 123 Å². The van der Waals surface area contributed by atoms with Gasteiger partial charge in [-0.2, -0.15) is 0 Å². The summed E-state index contributed by atoms with van der Waals surface area (Å²) in [4.78, 5) is 9.54. The maximum absolute atomic E-state index is 4.62. The van der Waals surface area contributed by atoms with Crippen molar-refractivity contribution < 1.29 is 0 Å². The maximum Gasteiger partial charge on any atom is 0.133 e. The summed E-state index contributed by atoms with van der Waals surface area (Å²) >= 11 is 0. The minimum absolute atomic E-state index is 0.619. The molecule has 2 heterocycles. The van der Waals surface area contributed by atoms with Gasteiger partial charge in [0.1, 0.15) is 5.82 Å². The molecule has 0 saturated carbocycles. The molecule has 1 aliphatic heterocycles. The van der Waals surface area contributed by atoms with E-state index in [1.807, 2.05) is 12.3 Å². The minimum Gasteiger partial charge on any atom is -0.356 e. The highest BCUT2D eigenvalue weighted by Gasteiger charge is 2.23. The second-order valence-electron chi connectivity index (χ2n) is 5.54. The molecule has 4 heteroatoms. The van der Waals surface area contributed by atoms with Gasteiger partial charge in [0.15, 0.2) is 0 Å². The van der Waals surface area contributed by atoms with E-state index >= 15 is 0 Å². The lowest BCUT2D eigenvalue weighted by atomic mass is 10.0. The smallest absolute Gasteiger partial charge is 0.133 e. The summed E-state index contributed by atoms with van der Waals surface area (Å²) in [6.07, 6.45) is 4.38. The predicted octanol–water partition coefficient (Wildman–Crippen LogP) is 2.11. The van der Waals surface area contributed by atoms with Gasteiger partial charge in [0.2, 0.25) is 0 Å². The van der Waals surface area contributed by atoms with Crippen LogP contribution in [0.5, 0.6) is 0 Å². The first kappa shape index (κ1) is 15.3. The Bertz CT molecular complexity index is 399. The second kappa shape index (κ2) is 7.60. The van der Waals surface area contributed by atoms with Crippen LogP contribution in [-0.4, -0.2) is 49.2 Å². The van der Waals surface area contributed by atoms with Crippen molar-refractivity contribution in [1.82, 2.24) is 15.2 Å². The van der Waals surface area contributed by atoms with Crippen molar-refractivity contribution in [1.29, 1.82) is 0 Å². The van der Waals surface area contributed by atoms with E-state index in [0.717, 1.165) is 18.9 Å². The summed E-state index contributed by atoms with van der Waals surface area (Å²) in [7, 11) is 2.20. The first-order chi connectivity index (χ1) is 9.76. The molecule has 1 aromatic heterocycles. The topological polar surface area (TPSA) is 31.4 Å². The number of aromatic nitrogens is 1. The molecule has 0 amide bonds. The predicted molar refractivity (Wildman–Crippen MR) is 85.2 cm³/mol. The van der Waals surface area contributed by atoms with Gasteiger partial charge in [-0.15, -0.1) is 0 Å². The van der Waals surface area contributed by atoms with E-state index in [1.54, 1.807) is 0 Å². The summed E-state index contributed by atoms with van der Waals surface area (Å²) < 4.78 is 0. The zero-order valence-electron chi connectivity index (χ0n) is 13.1. The zero-order valence-corrected chi connectivity index (χ0v) is 13.1. The molecule has 1 aliphatic rings. The standard InChI is InChI=1S/C16H28N4/c1-4-17-13-14-7-6-10-18-16(14)19(3)15-8-11-20(5-2)12-9-15/h6-7,10,15,17H,4-5,8-9,11-13H2,1-3H3. The number of hydrogen-bond acceptors (Lipinski definition) is 4. The molecule has 0 bridgehead atoms. The van der Waals surface area contributed by atoms with Crippen molar-refractivity contribution >= 4 is 5.82 Å². The van der Waals surface area contributed by atoms with Gasteiger partial charge in [-0.3, -0.25) is 0 Å². The van der Waals surface area contributed by atoms with Crippen LogP contribution in [0.3, 0.4) is 0 Å². The van der Waals surface area contributed by atoms with E-state index in [9.17, 15) is 0 Å². The Balaban J connectivity index is 2.03. The fourth-order valence-corrected chi connectivity index (χ4v) is 2.94. The summed E-state index contributed by atoms with van der Waals surface area (Å²) in [5.41, 5.74) is 1.30. The summed E-state index contributed by atoms with van der Waals surface area (Å²) in [6, 6.07) is 4.83. The number of hydrogen-bond donors (Lipinski definition) is 1. The molecule has 1 aromatic rings. The van der Waals surface area contributed by atoms with E-state index in [0.29, 0.717) is 6.04 Å². The molecule has 2 rings (SSSR count). The van der Waals surface area contributed by atoms with Crippen molar-refractivity contribution in [2.75, 3.05) is 38.1 Å². The summed E-state index contributed by atoms with van der Waals surface area (Å²) in [6.45, 7) is 9.87. The van der Waals surface area contributed by atoms with Gasteiger partial charge in [-0.25, -0.2) is 4.98 Å². The van der Waals surface area contributed by atoms with Gasteiger partial charge in [-0.05, 0) is 32.0 Å². The van der Waals surface area contributed by atoms with Crippen LogP contribution in [0.2, 0.25) is 0 Å². The van der Waals surface area contributed by atoms with Crippen LogP contribution < -0.4 is 10.2 Å². The van der Waals surface area contributed by atoms with Crippen LogP contribution in [0.15, 0.2) is 18.3 Å². The second-order valence-corrected chi connectivity index (χ2v) is 5.54. The van der Waals surface area contributed by atoms with Crippen LogP contribution >= 0.6 is 0 Å². The van der Waals surface area contributed by atoms with Gasteiger partial charge in [0.05, 0.1) is 0 Å². The van der Waals surface area contributed by atoms with Crippen LogP contribution in [0.1, 0.15) is 32.3 Å². The quantitative estimate of drug-likeness (QED) is 0.862. The van der Waals surface area contributed by atoms with Crippen molar-refractivity contribution in [3.63, 3.8) is 0 Å². The maximum atomic E-state index is 4.62. The fourth-order valence-electron chi connectivity index (χ4n) is 2.94. The average molecular weight is 276 g/mol. The fraction of sp³-hybridized carbons (Fsp3) is 0.688. The zero-order chi connectivity index (χ0) is 14.4. The first-order valence-electron chi connectivity index (χ1n) is 7.86. The van der Waals surface area contributed by atoms with E-state index < -0.39 is 0 Å². The van der Waals surface area contributed by atoms with Crippen molar-refractivity contribution in [2.45, 2.75) is 39.3 Å². The van der Waals surface area contributed by atoms with Gasteiger partial charge in [-0.1, -0.05) is 19.9 Å². The first-order valence-corrected chi connectivity index (χ1v) is 7.86. The van der Waals surface area contributed by atoms with E-state index in [-0.39, 0.29) is 0 Å². The third kappa shape index (κ3) is 3.70. The lowest BCUT2D eigenvalue weighted by Crippen LogP contribution is -2.44. The molecular weight excluding hydrogens is 248 g/mol. The van der Waals surface area contributed by atoms with Gasteiger partial charge < -0.3 is 15.1 Å². The van der Waals surface area contributed by atoms with Crippen LogP contribution in [0, 0.1) is 0 Å². The van der Waals surface area contributed by atoms with Crippen molar-refractivity contribution in [3.05, 3.63) is 23.9 Å². The SMILES string of the molecule is CCNCc1cccnc1N(C)C1CCN(CC)CC1. The molecule has 1 fully saturated rings. The Kier molecular flexibility index (Phi) is 5.80. The number of nitrogens with zero attached hydrogens (tertiary/aromatic N) is 3. The molecule has 112 valence electrons. The minimum atomic E-state index is 0.619. The van der Waals surface area contributed by atoms with Gasteiger partial charge in [0.25, 0.3) is 0 Å². The number of anilines is 1. The number of piperidine rings is 1. The number of likely N-dealkylation sites (tertiary alicyclic amines) is 1. The van der Waals surface area contributed by atoms with Crippen molar-refractivity contribution in [3.8, 4) is 0 Å². The van der Waals surface area contributed by atoms with Crippen LogP contribution in [0.25, 0.3) is 0 Å². The monoisotopic (exact) mass is 276 g/mol. The molecule has 0 aliphatic carbocycles. The lowest BCUT2D eigenvalue weighted by molar-refractivity contribution is 0.220. The molecule has 0 spiro atoms. The largest absolute Gasteiger partial charge is 0.356 e. The third-order valence-corrected chi connectivity index (χ3v) is 4.32. The molecule has 0 aromatic carbocycles. The average Bonchev–Trinajstić information content (AvgIpc) is 2.52. The molecule has 0 radical (unpaired) electrons. The number of pyridine rings is 1. The van der Waals surface area contributed by atoms with Crippen LogP contribution in [-0.2, 0) is 6.54 Å². The van der Waals surface area contributed by atoms with E-state index in [4.69, 9.17) is 0 Å². The Morgan fingerprint density at radius 1 is 1.35 bits per heavy atom. The van der Waals surface area contributed by atoms with Gasteiger partial charge in [0, 0.05) is 44.5 Å². The van der Waals surface area contributed by atoms with Crippen molar-refractivity contribution in [2.24, 2.45) is 0 Å². The van der Waals surface area contributed by atoms with Gasteiger partial charge >= 0.3 is 0 Å². The number of rotatable bonds is 6. The lowest BCUT2D eigenvalue weighted by Gasteiger charge is -2.37. The Morgan fingerprint density at radius 2 is 2.10 bits per heavy atom. The molecule has 1 saturated heterocycles. The summed E-state index contributed by atoms with van der Waals surface area (Å²) in [5, 5.41) is 3.40. The van der Waals surface area contributed by atoms with Crippen LogP contribution in [0.4, 0.5) is 5.82 Å². The molecule has 0 unspecified atom stereocenters. The normalized spacial score (nSPS) is 17.4. The Morgan fingerprint density at radius 3 is 2.75 bits per heavy atom.